The van der Waals surface area contributed by atoms with Crippen LogP contribution < -0.4 is 4.74 Å². The molecule has 1 heterocycles. The van der Waals surface area contributed by atoms with E-state index < -0.39 is 11.9 Å². The Morgan fingerprint density at radius 1 is 1.35 bits per heavy atom. The largest absolute Gasteiger partial charge is 0.494 e. The van der Waals surface area contributed by atoms with Crippen LogP contribution in [0.1, 0.15) is 17.6 Å². The van der Waals surface area contributed by atoms with Crippen LogP contribution in [-0.2, 0) is 0 Å². The second kappa shape index (κ2) is 4.65. The summed E-state index contributed by atoms with van der Waals surface area (Å²) in [5.41, 5.74) is 0.647. The lowest BCUT2D eigenvalue weighted by Crippen LogP contribution is -1.95. The summed E-state index contributed by atoms with van der Waals surface area (Å²) < 4.78 is 10.2. The summed E-state index contributed by atoms with van der Waals surface area (Å²) in [6, 6.07) is 6.96. The van der Waals surface area contributed by atoms with Crippen molar-refractivity contribution in [2.45, 2.75) is 6.92 Å². The van der Waals surface area contributed by atoms with Gasteiger partial charge in [-0.1, -0.05) is 0 Å². The predicted molar refractivity (Wildman–Crippen MR) is 57.9 cm³/mol. The minimum atomic E-state index is -1.24. The number of hydrogen-bond donors (Lipinski definition) is 1. The number of ether oxygens (including phenoxy) is 1. The molecule has 1 aromatic carbocycles. The van der Waals surface area contributed by atoms with Gasteiger partial charge in [-0.2, -0.15) is 0 Å². The van der Waals surface area contributed by atoms with E-state index in [0.29, 0.717) is 12.2 Å². The molecule has 2 aromatic rings. The van der Waals surface area contributed by atoms with Gasteiger partial charge in [0, 0.05) is 5.56 Å². The molecular formula is C11H10N2O4. The van der Waals surface area contributed by atoms with Crippen LogP contribution in [0.25, 0.3) is 11.5 Å². The molecule has 0 saturated carbocycles. The van der Waals surface area contributed by atoms with Crippen LogP contribution in [0, 0.1) is 0 Å². The number of rotatable bonds is 4. The second-order valence-electron chi connectivity index (χ2n) is 3.17. The molecule has 2 rings (SSSR count). The van der Waals surface area contributed by atoms with Crippen molar-refractivity contribution in [3.8, 4) is 17.2 Å². The number of nitrogens with zero attached hydrogens (tertiary/aromatic N) is 2. The van der Waals surface area contributed by atoms with E-state index >= 15 is 0 Å². The fourth-order valence-electron chi connectivity index (χ4n) is 1.29. The van der Waals surface area contributed by atoms with Crippen molar-refractivity contribution >= 4 is 5.97 Å². The van der Waals surface area contributed by atoms with Gasteiger partial charge in [-0.3, -0.25) is 0 Å². The topological polar surface area (TPSA) is 85.5 Å². The highest BCUT2D eigenvalue weighted by molar-refractivity contribution is 5.82. The molecule has 0 atom stereocenters. The molecule has 17 heavy (non-hydrogen) atoms. The lowest BCUT2D eigenvalue weighted by atomic mass is 10.2. The van der Waals surface area contributed by atoms with Crippen LogP contribution in [0.2, 0.25) is 0 Å². The van der Waals surface area contributed by atoms with Crippen molar-refractivity contribution in [1.82, 2.24) is 10.2 Å². The Morgan fingerprint density at radius 3 is 2.59 bits per heavy atom. The third-order valence-corrected chi connectivity index (χ3v) is 2.02. The summed E-state index contributed by atoms with van der Waals surface area (Å²) >= 11 is 0. The standard InChI is InChI=1S/C11H10N2O4/c1-2-16-8-5-3-7(4-6-8)9-12-13-10(17-9)11(14)15/h3-6H,2H2,1H3,(H,14,15). The van der Waals surface area contributed by atoms with Gasteiger partial charge in [0.1, 0.15) is 5.75 Å². The van der Waals surface area contributed by atoms with Crippen LogP contribution in [0.15, 0.2) is 28.7 Å². The lowest BCUT2D eigenvalue weighted by molar-refractivity contribution is 0.0654. The number of aromatic nitrogens is 2. The fraction of sp³-hybridized carbons (Fsp3) is 0.182. The van der Waals surface area contributed by atoms with E-state index in [1.165, 1.54) is 0 Å². The molecule has 1 aromatic heterocycles. The first-order valence-corrected chi connectivity index (χ1v) is 5.00. The van der Waals surface area contributed by atoms with Crippen molar-refractivity contribution in [1.29, 1.82) is 0 Å². The van der Waals surface area contributed by atoms with Gasteiger partial charge in [0.25, 0.3) is 0 Å². The summed E-state index contributed by atoms with van der Waals surface area (Å²) in [6.45, 7) is 2.48. The van der Waals surface area contributed by atoms with E-state index in [0.717, 1.165) is 5.75 Å². The predicted octanol–water partition coefficient (Wildman–Crippen LogP) is 1.83. The van der Waals surface area contributed by atoms with Crippen molar-refractivity contribution in [3.05, 3.63) is 30.2 Å². The maximum absolute atomic E-state index is 10.6. The highest BCUT2D eigenvalue weighted by Crippen LogP contribution is 2.21. The van der Waals surface area contributed by atoms with Crippen molar-refractivity contribution < 1.29 is 19.1 Å². The molecule has 6 heteroatoms. The summed E-state index contributed by atoms with van der Waals surface area (Å²) in [7, 11) is 0. The average Bonchev–Trinajstić information content (AvgIpc) is 2.80. The molecular weight excluding hydrogens is 224 g/mol. The van der Waals surface area contributed by atoms with Crippen LogP contribution in [-0.4, -0.2) is 27.9 Å². The van der Waals surface area contributed by atoms with Gasteiger partial charge >= 0.3 is 11.9 Å². The monoisotopic (exact) mass is 234 g/mol. The van der Waals surface area contributed by atoms with Gasteiger partial charge in [-0.05, 0) is 31.2 Å². The molecule has 0 fully saturated rings. The van der Waals surface area contributed by atoms with Crippen molar-refractivity contribution in [2.24, 2.45) is 0 Å². The smallest absolute Gasteiger partial charge is 0.393 e. The minimum Gasteiger partial charge on any atom is -0.494 e. The van der Waals surface area contributed by atoms with Gasteiger partial charge in [0.15, 0.2) is 0 Å². The number of carboxylic acid groups (broad SMARTS) is 1. The van der Waals surface area contributed by atoms with E-state index in [4.69, 9.17) is 14.3 Å². The Morgan fingerprint density at radius 2 is 2.06 bits per heavy atom. The summed E-state index contributed by atoms with van der Waals surface area (Å²) in [5.74, 6) is -0.761. The quantitative estimate of drug-likeness (QED) is 0.868. The number of benzene rings is 1. The van der Waals surface area contributed by atoms with Crippen LogP contribution >= 0.6 is 0 Å². The molecule has 6 nitrogen and oxygen atoms in total. The molecule has 1 N–H and O–H groups in total. The summed E-state index contributed by atoms with van der Waals surface area (Å²) in [4.78, 5) is 10.6. The van der Waals surface area contributed by atoms with Gasteiger partial charge in [0.2, 0.25) is 5.89 Å². The zero-order valence-corrected chi connectivity index (χ0v) is 9.08. The van der Waals surface area contributed by atoms with Crippen LogP contribution in [0.5, 0.6) is 5.75 Å². The van der Waals surface area contributed by atoms with Gasteiger partial charge in [0.05, 0.1) is 6.61 Å². The Bertz CT molecular complexity index is 519. The molecule has 0 aliphatic heterocycles. The highest BCUT2D eigenvalue weighted by Gasteiger charge is 2.13. The van der Waals surface area contributed by atoms with Gasteiger partial charge in [-0.25, -0.2) is 4.79 Å². The van der Waals surface area contributed by atoms with E-state index in [1.54, 1.807) is 24.3 Å². The van der Waals surface area contributed by atoms with Gasteiger partial charge in [-0.15, -0.1) is 10.2 Å². The highest BCUT2D eigenvalue weighted by atomic mass is 16.5. The molecule has 0 amide bonds. The first kappa shape index (κ1) is 11.1. The Kier molecular flexibility index (Phi) is 3.04. The van der Waals surface area contributed by atoms with E-state index in [-0.39, 0.29) is 5.89 Å². The first-order chi connectivity index (χ1) is 8.20. The van der Waals surface area contributed by atoms with E-state index in [1.807, 2.05) is 6.92 Å². The number of aromatic carboxylic acids is 1. The second-order valence-corrected chi connectivity index (χ2v) is 3.17. The minimum absolute atomic E-state index is 0.172. The molecule has 0 unspecified atom stereocenters. The van der Waals surface area contributed by atoms with Crippen LogP contribution in [0.3, 0.4) is 0 Å². The molecule has 0 aliphatic rings. The normalized spacial score (nSPS) is 10.2. The van der Waals surface area contributed by atoms with Crippen molar-refractivity contribution in [2.75, 3.05) is 6.61 Å². The number of carbonyl (C=O) groups is 1. The molecule has 0 radical (unpaired) electrons. The Balaban J connectivity index is 2.23. The van der Waals surface area contributed by atoms with E-state index in [9.17, 15) is 4.79 Å². The molecule has 0 saturated heterocycles. The van der Waals surface area contributed by atoms with E-state index in [2.05, 4.69) is 10.2 Å². The zero-order chi connectivity index (χ0) is 12.3. The van der Waals surface area contributed by atoms with Crippen molar-refractivity contribution in [3.63, 3.8) is 0 Å². The molecule has 0 spiro atoms. The Labute approximate surface area is 96.9 Å². The number of carboxylic acids is 1. The maximum atomic E-state index is 10.6. The van der Waals surface area contributed by atoms with Gasteiger partial charge < -0.3 is 14.3 Å². The Hall–Kier alpha value is -2.37. The first-order valence-electron chi connectivity index (χ1n) is 5.00. The summed E-state index contributed by atoms with van der Waals surface area (Å²) in [6.07, 6.45) is 0. The molecule has 0 aliphatic carbocycles. The molecule has 0 bridgehead atoms. The molecule has 88 valence electrons. The third-order valence-electron chi connectivity index (χ3n) is 2.02. The lowest BCUT2D eigenvalue weighted by Gasteiger charge is -2.02. The average molecular weight is 234 g/mol. The number of hydrogen-bond acceptors (Lipinski definition) is 5. The maximum Gasteiger partial charge on any atom is 0.393 e. The van der Waals surface area contributed by atoms with Crippen LogP contribution in [0.4, 0.5) is 0 Å². The fourth-order valence-corrected chi connectivity index (χ4v) is 1.29. The SMILES string of the molecule is CCOc1ccc(-c2nnc(C(=O)O)o2)cc1. The third kappa shape index (κ3) is 2.41. The zero-order valence-electron chi connectivity index (χ0n) is 9.08. The summed E-state index contributed by atoms with van der Waals surface area (Å²) in [5, 5.41) is 15.7.